The Kier molecular flexibility index (Phi) is 4.53. The van der Waals surface area contributed by atoms with Crippen LogP contribution in [0.2, 0.25) is 0 Å². The SMILES string of the molecule is Cc1ccccc1-c1nc(Nc2n[nH]c3ccccc23)nc(N2CCNCC2)n1. The van der Waals surface area contributed by atoms with Crippen molar-refractivity contribution >= 4 is 28.6 Å². The van der Waals surface area contributed by atoms with Crippen molar-refractivity contribution in [1.82, 2.24) is 30.5 Å². The van der Waals surface area contributed by atoms with Gasteiger partial charge in [0.05, 0.1) is 5.52 Å². The number of nitrogens with zero attached hydrogens (tertiary/aromatic N) is 5. The first kappa shape index (κ1) is 17.6. The molecule has 29 heavy (non-hydrogen) atoms. The van der Waals surface area contributed by atoms with Crippen LogP contribution in [0.15, 0.2) is 48.5 Å². The number of fused-ring (bicyclic) bond motifs is 1. The Balaban J connectivity index is 1.58. The van der Waals surface area contributed by atoms with Crippen LogP contribution in [0, 0.1) is 6.92 Å². The third-order valence-corrected chi connectivity index (χ3v) is 5.11. The largest absolute Gasteiger partial charge is 0.338 e. The van der Waals surface area contributed by atoms with Gasteiger partial charge < -0.3 is 15.5 Å². The molecule has 1 aliphatic heterocycles. The second kappa shape index (κ2) is 7.48. The van der Waals surface area contributed by atoms with E-state index in [1.165, 1.54) is 0 Å². The Hall–Kier alpha value is -3.52. The van der Waals surface area contributed by atoms with Crippen molar-refractivity contribution in [3.05, 3.63) is 54.1 Å². The highest BCUT2D eigenvalue weighted by Gasteiger charge is 2.18. The van der Waals surface area contributed by atoms with Crippen LogP contribution in [-0.4, -0.2) is 51.3 Å². The van der Waals surface area contributed by atoms with Crippen molar-refractivity contribution < 1.29 is 0 Å². The van der Waals surface area contributed by atoms with Crippen molar-refractivity contribution in [3.63, 3.8) is 0 Å². The maximum Gasteiger partial charge on any atom is 0.233 e. The molecule has 5 rings (SSSR count). The summed E-state index contributed by atoms with van der Waals surface area (Å²) in [4.78, 5) is 16.4. The number of nitrogens with one attached hydrogen (secondary N) is 3. The Morgan fingerprint density at radius 1 is 0.931 bits per heavy atom. The van der Waals surface area contributed by atoms with Crippen LogP contribution in [0.5, 0.6) is 0 Å². The summed E-state index contributed by atoms with van der Waals surface area (Å²) >= 11 is 0. The maximum atomic E-state index is 4.79. The summed E-state index contributed by atoms with van der Waals surface area (Å²) in [5.41, 5.74) is 3.09. The predicted molar refractivity (Wildman–Crippen MR) is 114 cm³/mol. The molecule has 4 aromatic rings. The van der Waals surface area contributed by atoms with Crippen LogP contribution < -0.4 is 15.5 Å². The zero-order valence-electron chi connectivity index (χ0n) is 16.2. The van der Waals surface area contributed by atoms with Crippen LogP contribution in [0.25, 0.3) is 22.3 Å². The molecule has 8 nitrogen and oxygen atoms in total. The molecule has 0 amide bonds. The minimum Gasteiger partial charge on any atom is -0.338 e. The Morgan fingerprint density at radius 2 is 1.72 bits per heavy atom. The van der Waals surface area contributed by atoms with E-state index in [2.05, 4.69) is 38.7 Å². The number of benzene rings is 2. The number of H-pyrrole nitrogens is 1. The third kappa shape index (κ3) is 3.50. The van der Waals surface area contributed by atoms with Gasteiger partial charge in [0.15, 0.2) is 11.6 Å². The lowest BCUT2D eigenvalue weighted by Crippen LogP contribution is -2.44. The van der Waals surface area contributed by atoms with Gasteiger partial charge in [-0.1, -0.05) is 36.4 Å². The number of piperazine rings is 1. The summed E-state index contributed by atoms with van der Waals surface area (Å²) < 4.78 is 0. The third-order valence-electron chi connectivity index (χ3n) is 5.11. The minimum absolute atomic E-state index is 0.490. The second-order valence-electron chi connectivity index (χ2n) is 7.08. The lowest BCUT2D eigenvalue weighted by molar-refractivity contribution is 0.579. The molecule has 0 aliphatic carbocycles. The van der Waals surface area contributed by atoms with E-state index in [0.717, 1.165) is 48.2 Å². The number of para-hydroxylation sites is 1. The molecule has 0 bridgehead atoms. The van der Waals surface area contributed by atoms with E-state index in [-0.39, 0.29) is 0 Å². The molecule has 8 heteroatoms. The van der Waals surface area contributed by atoms with Crippen LogP contribution in [0.3, 0.4) is 0 Å². The van der Waals surface area contributed by atoms with E-state index in [4.69, 9.17) is 15.0 Å². The van der Waals surface area contributed by atoms with E-state index in [9.17, 15) is 0 Å². The fraction of sp³-hybridized carbons (Fsp3) is 0.238. The first-order valence-electron chi connectivity index (χ1n) is 9.76. The highest BCUT2D eigenvalue weighted by molar-refractivity contribution is 5.90. The second-order valence-corrected chi connectivity index (χ2v) is 7.08. The number of hydrogen-bond acceptors (Lipinski definition) is 7. The van der Waals surface area contributed by atoms with Gasteiger partial charge in [-0.05, 0) is 24.6 Å². The standard InChI is InChI=1S/C21H22N8/c1-14-6-2-3-7-15(14)18-23-20(26-21(25-18)29-12-10-22-11-13-29)24-19-16-8-4-5-9-17(16)27-28-19/h2-9,22H,10-13H2,1H3,(H2,23,24,25,26,27,28). The highest BCUT2D eigenvalue weighted by atomic mass is 15.3. The number of hydrogen-bond donors (Lipinski definition) is 3. The van der Waals surface area contributed by atoms with Crippen LogP contribution in [0.1, 0.15) is 5.56 Å². The van der Waals surface area contributed by atoms with Gasteiger partial charge in [-0.15, -0.1) is 0 Å². The number of aromatic amines is 1. The zero-order valence-corrected chi connectivity index (χ0v) is 16.2. The molecule has 1 saturated heterocycles. The van der Waals surface area contributed by atoms with Crippen molar-refractivity contribution in [3.8, 4) is 11.4 Å². The van der Waals surface area contributed by atoms with Crippen molar-refractivity contribution in [1.29, 1.82) is 0 Å². The average Bonchev–Trinajstić information content (AvgIpc) is 3.17. The monoisotopic (exact) mass is 386 g/mol. The zero-order chi connectivity index (χ0) is 19.6. The number of anilines is 3. The molecule has 1 aliphatic rings. The van der Waals surface area contributed by atoms with Gasteiger partial charge in [-0.3, -0.25) is 5.10 Å². The minimum atomic E-state index is 0.490. The Bertz CT molecular complexity index is 1150. The van der Waals surface area contributed by atoms with E-state index >= 15 is 0 Å². The molecule has 0 saturated carbocycles. The molecule has 2 aromatic heterocycles. The molecule has 3 heterocycles. The van der Waals surface area contributed by atoms with Crippen molar-refractivity contribution in [2.45, 2.75) is 6.92 Å². The normalized spacial score (nSPS) is 14.3. The van der Waals surface area contributed by atoms with Gasteiger partial charge in [0.25, 0.3) is 0 Å². The number of rotatable bonds is 4. The summed E-state index contributed by atoms with van der Waals surface area (Å²) in [6.45, 7) is 5.62. The van der Waals surface area contributed by atoms with Crippen LogP contribution in [0.4, 0.5) is 17.7 Å². The molecular formula is C21H22N8. The molecule has 3 N–H and O–H groups in total. The summed E-state index contributed by atoms with van der Waals surface area (Å²) in [5.74, 6) is 2.54. The molecule has 0 radical (unpaired) electrons. The number of aryl methyl sites for hydroxylation is 1. The van der Waals surface area contributed by atoms with Crippen LogP contribution >= 0.6 is 0 Å². The van der Waals surface area contributed by atoms with Crippen molar-refractivity contribution in [2.75, 3.05) is 36.4 Å². The molecule has 146 valence electrons. The van der Waals surface area contributed by atoms with Crippen molar-refractivity contribution in [2.24, 2.45) is 0 Å². The predicted octanol–water partition coefficient (Wildman–Crippen LogP) is 2.88. The fourth-order valence-electron chi connectivity index (χ4n) is 3.54. The highest BCUT2D eigenvalue weighted by Crippen LogP contribution is 2.26. The van der Waals surface area contributed by atoms with Gasteiger partial charge >= 0.3 is 0 Å². The molecule has 0 spiro atoms. The lowest BCUT2D eigenvalue weighted by Gasteiger charge is -2.27. The summed E-state index contributed by atoms with van der Waals surface area (Å²) in [7, 11) is 0. The molecule has 1 fully saturated rings. The first-order valence-corrected chi connectivity index (χ1v) is 9.76. The van der Waals surface area contributed by atoms with Gasteiger partial charge in [0.2, 0.25) is 11.9 Å². The smallest absolute Gasteiger partial charge is 0.233 e. The lowest BCUT2D eigenvalue weighted by atomic mass is 10.1. The van der Waals surface area contributed by atoms with Gasteiger partial charge in [-0.2, -0.15) is 20.1 Å². The summed E-state index contributed by atoms with van der Waals surface area (Å²) in [5, 5.41) is 15.1. The van der Waals surface area contributed by atoms with Crippen LogP contribution in [-0.2, 0) is 0 Å². The van der Waals surface area contributed by atoms with E-state index in [1.54, 1.807) is 0 Å². The Labute approximate surface area is 168 Å². The summed E-state index contributed by atoms with van der Waals surface area (Å²) in [6, 6.07) is 16.1. The van der Waals surface area contributed by atoms with E-state index in [1.807, 2.05) is 42.5 Å². The molecule has 0 unspecified atom stereocenters. The fourth-order valence-corrected chi connectivity index (χ4v) is 3.54. The average molecular weight is 386 g/mol. The molecule has 0 atom stereocenters. The number of aromatic nitrogens is 5. The molecule has 2 aromatic carbocycles. The van der Waals surface area contributed by atoms with Gasteiger partial charge in [0.1, 0.15) is 0 Å². The molecular weight excluding hydrogens is 364 g/mol. The maximum absolute atomic E-state index is 4.79. The summed E-state index contributed by atoms with van der Waals surface area (Å²) in [6.07, 6.45) is 0. The van der Waals surface area contributed by atoms with Gasteiger partial charge in [0, 0.05) is 37.1 Å². The van der Waals surface area contributed by atoms with E-state index in [0.29, 0.717) is 23.5 Å². The van der Waals surface area contributed by atoms with E-state index < -0.39 is 0 Å². The van der Waals surface area contributed by atoms with Gasteiger partial charge in [-0.25, -0.2) is 0 Å². The quantitative estimate of drug-likeness (QED) is 0.496. The topological polar surface area (TPSA) is 94.7 Å². The first-order chi connectivity index (χ1) is 14.3. The Morgan fingerprint density at radius 3 is 2.59 bits per heavy atom.